The maximum atomic E-state index is 12.8. The predicted molar refractivity (Wildman–Crippen MR) is 99.1 cm³/mol. The van der Waals surface area contributed by atoms with Crippen molar-refractivity contribution >= 4 is 35.0 Å². The van der Waals surface area contributed by atoms with Gasteiger partial charge in [0.05, 0.1) is 10.0 Å². The van der Waals surface area contributed by atoms with Crippen molar-refractivity contribution in [3.63, 3.8) is 0 Å². The van der Waals surface area contributed by atoms with Crippen LogP contribution in [0.3, 0.4) is 0 Å². The monoisotopic (exact) mass is 383 g/mol. The number of carbonyl (C=O) groups excluding carboxylic acids is 2. The van der Waals surface area contributed by atoms with Crippen molar-refractivity contribution in [2.24, 2.45) is 0 Å². The van der Waals surface area contributed by atoms with Crippen LogP contribution in [0.25, 0.3) is 0 Å². The molecule has 0 radical (unpaired) electrons. The summed E-state index contributed by atoms with van der Waals surface area (Å²) in [6.45, 7) is 3.61. The molecular formula is C18H23Cl2N3O2. The predicted octanol–water partition coefficient (Wildman–Crippen LogP) is 2.85. The van der Waals surface area contributed by atoms with E-state index in [9.17, 15) is 9.59 Å². The summed E-state index contributed by atoms with van der Waals surface area (Å²) in [5.74, 6) is -0.222. The number of rotatable bonds is 3. The normalized spacial score (nSPS) is 26.5. The van der Waals surface area contributed by atoms with Gasteiger partial charge in [-0.1, -0.05) is 23.2 Å². The Bertz CT molecular complexity index is 668. The molecular weight excluding hydrogens is 361 g/mol. The molecule has 0 bridgehead atoms. The minimum Gasteiger partial charge on any atom is -0.351 e. The zero-order valence-electron chi connectivity index (χ0n) is 14.2. The number of nitrogens with one attached hydrogen (secondary N) is 2. The first-order valence-corrected chi connectivity index (χ1v) is 9.51. The van der Waals surface area contributed by atoms with Gasteiger partial charge in [0.25, 0.3) is 5.91 Å². The smallest absolute Gasteiger partial charge is 0.254 e. The third kappa shape index (κ3) is 4.27. The van der Waals surface area contributed by atoms with Crippen molar-refractivity contribution < 1.29 is 9.59 Å². The van der Waals surface area contributed by atoms with E-state index in [2.05, 4.69) is 17.6 Å². The summed E-state index contributed by atoms with van der Waals surface area (Å²) in [4.78, 5) is 27.2. The highest BCUT2D eigenvalue weighted by molar-refractivity contribution is 6.42. The molecule has 136 valence electrons. The molecule has 1 aromatic carbocycles. The number of hydrogen-bond acceptors (Lipinski definition) is 3. The summed E-state index contributed by atoms with van der Waals surface area (Å²) < 4.78 is 0. The highest BCUT2D eigenvalue weighted by Crippen LogP contribution is 2.26. The fraction of sp³-hybridized carbons (Fsp3) is 0.556. The Kier molecular flexibility index (Phi) is 5.87. The number of benzene rings is 1. The van der Waals surface area contributed by atoms with E-state index in [0.29, 0.717) is 34.6 Å². The quantitative estimate of drug-likeness (QED) is 0.843. The summed E-state index contributed by atoms with van der Waals surface area (Å²) in [6.07, 6.45) is 3.36. The third-order valence-corrected chi connectivity index (χ3v) is 5.69. The topological polar surface area (TPSA) is 61.4 Å². The molecule has 2 heterocycles. The third-order valence-electron chi connectivity index (χ3n) is 4.95. The maximum Gasteiger partial charge on any atom is 0.254 e. The lowest BCUT2D eigenvalue weighted by Gasteiger charge is -2.31. The number of nitrogens with zero attached hydrogens (tertiary/aromatic N) is 1. The van der Waals surface area contributed by atoms with Gasteiger partial charge in [-0.2, -0.15) is 0 Å². The fourth-order valence-electron chi connectivity index (χ4n) is 3.64. The Hall–Kier alpha value is -1.30. The van der Waals surface area contributed by atoms with E-state index in [1.807, 2.05) is 0 Å². The summed E-state index contributed by atoms with van der Waals surface area (Å²) in [6, 6.07) is 4.99. The first-order valence-electron chi connectivity index (χ1n) is 8.75. The van der Waals surface area contributed by atoms with Gasteiger partial charge >= 0.3 is 0 Å². The van der Waals surface area contributed by atoms with Crippen molar-refractivity contribution in [2.45, 2.75) is 50.7 Å². The van der Waals surface area contributed by atoms with Gasteiger partial charge in [-0.05, 0) is 57.4 Å². The Labute approximate surface area is 158 Å². The molecule has 3 rings (SSSR count). The van der Waals surface area contributed by atoms with E-state index in [1.165, 1.54) is 0 Å². The Morgan fingerprint density at radius 1 is 1.24 bits per heavy atom. The van der Waals surface area contributed by atoms with Crippen molar-refractivity contribution in [2.75, 3.05) is 13.1 Å². The maximum absolute atomic E-state index is 12.8. The molecule has 7 heteroatoms. The van der Waals surface area contributed by atoms with Crippen LogP contribution < -0.4 is 10.6 Å². The van der Waals surface area contributed by atoms with Gasteiger partial charge in [-0.15, -0.1) is 0 Å². The number of carbonyl (C=O) groups is 2. The van der Waals surface area contributed by atoms with Crippen LogP contribution in [-0.2, 0) is 4.79 Å². The summed E-state index contributed by atoms with van der Waals surface area (Å²) >= 11 is 11.9. The number of piperidine rings is 1. The van der Waals surface area contributed by atoms with E-state index >= 15 is 0 Å². The van der Waals surface area contributed by atoms with E-state index in [4.69, 9.17) is 23.2 Å². The van der Waals surface area contributed by atoms with Crippen LogP contribution in [0.1, 0.15) is 43.0 Å². The van der Waals surface area contributed by atoms with Crippen LogP contribution in [0.4, 0.5) is 0 Å². The fourth-order valence-corrected chi connectivity index (χ4v) is 3.94. The average Bonchev–Trinajstić information content (AvgIpc) is 3.06. The largest absolute Gasteiger partial charge is 0.351 e. The Balaban J connectivity index is 1.67. The van der Waals surface area contributed by atoms with Gasteiger partial charge in [0.15, 0.2) is 0 Å². The molecule has 2 aliphatic heterocycles. The number of halogens is 2. The summed E-state index contributed by atoms with van der Waals surface area (Å²) in [7, 11) is 0. The van der Waals surface area contributed by atoms with Gasteiger partial charge in [0.1, 0.15) is 6.04 Å². The second kappa shape index (κ2) is 7.94. The van der Waals surface area contributed by atoms with Crippen molar-refractivity contribution in [1.82, 2.24) is 15.5 Å². The molecule has 1 aromatic rings. The van der Waals surface area contributed by atoms with E-state index in [1.54, 1.807) is 23.1 Å². The lowest BCUT2D eigenvalue weighted by Crippen LogP contribution is -2.52. The number of likely N-dealkylation sites (tertiary alicyclic amines) is 1. The minimum absolute atomic E-state index is 0.0509. The Morgan fingerprint density at radius 2 is 2.04 bits per heavy atom. The molecule has 3 unspecified atom stereocenters. The molecule has 2 aliphatic rings. The van der Waals surface area contributed by atoms with Gasteiger partial charge in [0.2, 0.25) is 5.91 Å². The molecule has 25 heavy (non-hydrogen) atoms. The average molecular weight is 384 g/mol. The Morgan fingerprint density at radius 3 is 2.76 bits per heavy atom. The molecule has 0 saturated carbocycles. The van der Waals surface area contributed by atoms with Gasteiger partial charge in [0, 0.05) is 24.2 Å². The molecule has 2 saturated heterocycles. The summed E-state index contributed by atoms with van der Waals surface area (Å²) in [5.41, 5.74) is 0.463. The SMILES string of the molecule is CC1CC(NC(=O)C2CCCN2C(=O)c2ccc(Cl)c(Cl)c2)CCN1. The number of amides is 2. The molecule has 3 atom stereocenters. The molecule has 5 nitrogen and oxygen atoms in total. The first-order chi connectivity index (χ1) is 12.0. The molecule has 2 fully saturated rings. The zero-order chi connectivity index (χ0) is 18.0. The van der Waals surface area contributed by atoms with Gasteiger partial charge in [-0.3, -0.25) is 9.59 Å². The lowest BCUT2D eigenvalue weighted by molar-refractivity contribution is -0.125. The first kappa shape index (κ1) is 18.5. The van der Waals surface area contributed by atoms with Crippen molar-refractivity contribution in [3.05, 3.63) is 33.8 Å². The van der Waals surface area contributed by atoms with Crippen LogP contribution >= 0.6 is 23.2 Å². The van der Waals surface area contributed by atoms with Crippen LogP contribution in [0, 0.1) is 0 Å². The molecule has 2 amide bonds. The van der Waals surface area contributed by atoms with Crippen LogP contribution in [0.2, 0.25) is 10.0 Å². The number of hydrogen-bond donors (Lipinski definition) is 2. The second-order valence-corrected chi connectivity index (χ2v) is 7.68. The standard InChI is InChI=1S/C18H23Cl2N3O2/c1-11-9-13(6-7-21-11)22-17(24)16-3-2-8-23(16)18(25)12-4-5-14(19)15(20)10-12/h4-5,10-11,13,16,21H,2-3,6-9H2,1H3,(H,22,24). The highest BCUT2D eigenvalue weighted by atomic mass is 35.5. The second-order valence-electron chi connectivity index (χ2n) is 6.87. The molecule has 0 spiro atoms. The zero-order valence-corrected chi connectivity index (χ0v) is 15.7. The van der Waals surface area contributed by atoms with E-state index in [-0.39, 0.29) is 17.9 Å². The van der Waals surface area contributed by atoms with E-state index < -0.39 is 6.04 Å². The van der Waals surface area contributed by atoms with Crippen LogP contribution in [0.5, 0.6) is 0 Å². The van der Waals surface area contributed by atoms with Gasteiger partial charge in [-0.25, -0.2) is 0 Å². The molecule has 0 aliphatic carbocycles. The van der Waals surface area contributed by atoms with Crippen LogP contribution in [0.15, 0.2) is 18.2 Å². The van der Waals surface area contributed by atoms with E-state index in [0.717, 1.165) is 25.8 Å². The summed E-state index contributed by atoms with van der Waals surface area (Å²) in [5, 5.41) is 7.26. The molecule has 0 aromatic heterocycles. The lowest BCUT2D eigenvalue weighted by atomic mass is 10.00. The highest BCUT2D eigenvalue weighted by Gasteiger charge is 2.35. The van der Waals surface area contributed by atoms with Gasteiger partial charge < -0.3 is 15.5 Å². The minimum atomic E-state index is -0.410. The van der Waals surface area contributed by atoms with Crippen LogP contribution in [-0.4, -0.2) is 47.9 Å². The van der Waals surface area contributed by atoms with Crippen molar-refractivity contribution in [3.8, 4) is 0 Å². The van der Waals surface area contributed by atoms with Crippen molar-refractivity contribution in [1.29, 1.82) is 0 Å². The molecule has 2 N–H and O–H groups in total.